The molecule has 0 radical (unpaired) electrons. The molecular formula is C14H10F4S. The summed E-state index contributed by atoms with van der Waals surface area (Å²) in [7, 11) is 0. The van der Waals surface area contributed by atoms with Crippen molar-refractivity contribution in [2.75, 3.05) is 0 Å². The third-order valence-corrected chi connectivity index (χ3v) is 3.53. The molecule has 0 heterocycles. The fraction of sp³-hybridized carbons (Fsp3) is 0.143. The molecule has 0 aliphatic heterocycles. The normalized spacial score (nSPS) is 11.6. The number of hydrogen-bond donors (Lipinski definition) is 0. The minimum absolute atomic E-state index is 0.127. The lowest BCUT2D eigenvalue weighted by atomic mass is 10.2. The second-order valence-corrected chi connectivity index (χ2v) is 5.14. The molecule has 0 atom stereocenters. The molecule has 0 unspecified atom stereocenters. The number of aryl methyl sites for hydroxylation is 1. The zero-order valence-electron chi connectivity index (χ0n) is 9.96. The number of alkyl halides is 3. The predicted octanol–water partition coefficient (Wildman–Crippen LogP) is 5.30. The minimum Gasteiger partial charge on any atom is -0.206 e. The van der Waals surface area contributed by atoms with E-state index in [9.17, 15) is 17.6 Å². The Balaban J connectivity index is 2.43. The Morgan fingerprint density at radius 1 is 1.00 bits per heavy atom. The van der Waals surface area contributed by atoms with Crippen molar-refractivity contribution < 1.29 is 17.6 Å². The molecule has 0 nitrogen and oxygen atoms in total. The molecule has 0 bridgehead atoms. The maximum absolute atomic E-state index is 13.4. The van der Waals surface area contributed by atoms with E-state index >= 15 is 0 Å². The van der Waals surface area contributed by atoms with Gasteiger partial charge in [0, 0.05) is 9.79 Å². The van der Waals surface area contributed by atoms with Gasteiger partial charge in [0.15, 0.2) is 0 Å². The van der Waals surface area contributed by atoms with Gasteiger partial charge >= 0.3 is 6.18 Å². The summed E-state index contributed by atoms with van der Waals surface area (Å²) in [4.78, 5) is 0.522. The maximum Gasteiger partial charge on any atom is 0.420 e. The van der Waals surface area contributed by atoms with Crippen LogP contribution in [0.5, 0.6) is 0 Å². The summed E-state index contributed by atoms with van der Waals surface area (Å²) in [6.45, 7) is 1.85. The van der Waals surface area contributed by atoms with E-state index in [2.05, 4.69) is 0 Å². The van der Waals surface area contributed by atoms with Crippen molar-refractivity contribution in [3.8, 4) is 0 Å². The first kappa shape index (κ1) is 13.9. The topological polar surface area (TPSA) is 0 Å². The van der Waals surface area contributed by atoms with E-state index in [-0.39, 0.29) is 4.90 Å². The Kier molecular flexibility index (Phi) is 3.85. The lowest BCUT2D eigenvalue weighted by Gasteiger charge is -2.13. The van der Waals surface area contributed by atoms with E-state index in [1.165, 1.54) is 12.1 Å². The van der Waals surface area contributed by atoms with Gasteiger partial charge in [-0.25, -0.2) is 4.39 Å². The van der Waals surface area contributed by atoms with Gasteiger partial charge in [-0.2, -0.15) is 13.2 Å². The summed E-state index contributed by atoms with van der Waals surface area (Å²) in [6.07, 6.45) is -4.70. The smallest absolute Gasteiger partial charge is 0.206 e. The molecular weight excluding hydrogens is 276 g/mol. The summed E-state index contributed by atoms with van der Waals surface area (Å²) in [5.74, 6) is -1.25. The van der Waals surface area contributed by atoms with E-state index in [1.54, 1.807) is 18.2 Å². The molecule has 0 N–H and O–H groups in total. The van der Waals surface area contributed by atoms with Gasteiger partial charge in [-0.15, -0.1) is 0 Å². The van der Waals surface area contributed by atoms with Gasteiger partial charge < -0.3 is 0 Å². The van der Waals surface area contributed by atoms with Crippen LogP contribution >= 0.6 is 11.8 Å². The van der Waals surface area contributed by atoms with Crippen LogP contribution in [0, 0.1) is 12.7 Å². The first-order chi connectivity index (χ1) is 8.88. The largest absolute Gasteiger partial charge is 0.420 e. The van der Waals surface area contributed by atoms with Crippen LogP contribution in [0.1, 0.15) is 11.1 Å². The molecule has 2 aromatic rings. The first-order valence-corrected chi connectivity index (χ1v) is 6.30. The highest BCUT2D eigenvalue weighted by atomic mass is 32.2. The van der Waals surface area contributed by atoms with E-state index in [4.69, 9.17) is 0 Å². The summed E-state index contributed by atoms with van der Waals surface area (Å²) in [6, 6.07) is 10.4. The van der Waals surface area contributed by atoms with Crippen molar-refractivity contribution >= 4 is 11.8 Å². The molecule has 2 rings (SSSR count). The third-order valence-electron chi connectivity index (χ3n) is 2.48. The van der Waals surface area contributed by atoms with Crippen molar-refractivity contribution in [2.24, 2.45) is 0 Å². The molecule has 0 amide bonds. The maximum atomic E-state index is 13.4. The Labute approximate surface area is 112 Å². The summed E-state index contributed by atoms with van der Waals surface area (Å²) in [5.41, 5.74) is -0.267. The zero-order valence-corrected chi connectivity index (χ0v) is 10.8. The molecule has 0 aliphatic carbocycles. The van der Waals surface area contributed by atoms with Crippen LogP contribution in [0.3, 0.4) is 0 Å². The van der Waals surface area contributed by atoms with Crippen molar-refractivity contribution in [3.63, 3.8) is 0 Å². The highest BCUT2D eigenvalue weighted by molar-refractivity contribution is 7.99. The van der Waals surface area contributed by atoms with E-state index < -0.39 is 17.6 Å². The van der Waals surface area contributed by atoms with Crippen LogP contribution in [0.4, 0.5) is 17.6 Å². The molecule has 0 fully saturated rings. The molecule has 0 aliphatic rings. The van der Waals surface area contributed by atoms with Gasteiger partial charge in [-0.05, 0) is 31.2 Å². The zero-order chi connectivity index (χ0) is 14.0. The molecule has 5 heteroatoms. The van der Waals surface area contributed by atoms with Crippen LogP contribution in [0.2, 0.25) is 0 Å². The predicted molar refractivity (Wildman–Crippen MR) is 66.7 cm³/mol. The average molecular weight is 286 g/mol. The third kappa shape index (κ3) is 3.29. The van der Waals surface area contributed by atoms with E-state index in [0.29, 0.717) is 4.90 Å². The van der Waals surface area contributed by atoms with Gasteiger partial charge in [-0.3, -0.25) is 0 Å². The standard InChI is InChI=1S/C14H10F4S/c1-9-4-2-5-10(8-9)19-12-7-3-6-11(15)13(12)14(16,17)18/h2-8H,1H3. The van der Waals surface area contributed by atoms with E-state index in [1.807, 2.05) is 13.0 Å². The fourth-order valence-corrected chi connectivity index (χ4v) is 2.78. The Morgan fingerprint density at radius 2 is 1.68 bits per heavy atom. The summed E-state index contributed by atoms with van der Waals surface area (Å²) in [5, 5.41) is 0. The second-order valence-electron chi connectivity index (χ2n) is 4.03. The summed E-state index contributed by atoms with van der Waals surface area (Å²) < 4.78 is 51.9. The van der Waals surface area contributed by atoms with Crippen molar-refractivity contribution in [1.82, 2.24) is 0 Å². The second kappa shape index (κ2) is 5.25. The fourth-order valence-electron chi connectivity index (χ4n) is 1.67. The van der Waals surface area contributed by atoms with Crippen molar-refractivity contribution in [1.29, 1.82) is 0 Å². The van der Waals surface area contributed by atoms with E-state index in [0.717, 1.165) is 23.4 Å². The molecule has 19 heavy (non-hydrogen) atoms. The number of benzene rings is 2. The van der Waals surface area contributed by atoms with Crippen LogP contribution in [0.15, 0.2) is 52.3 Å². The molecule has 0 aromatic heterocycles. The number of hydrogen-bond acceptors (Lipinski definition) is 1. The highest BCUT2D eigenvalue weighted by Crippen LogP contribution is 2.40. The van der Waals surface area contributed by atoms with Gasteiger partial charge in [-0.1, -0.05) is 35.5 Å². The molecule has 0 saturated heterocycles. The van der Waals surface area contributed by atoms with Crippen molar-refractivity contribution in [2.45, 2.75) is 22.9 Å². The monoisotopic (exact) mass is 286 g/mol. The molecule has 0 saturated carbocycles. The molecule has 2 aromatic carbocycles. The minimum atomic E-state index is -4.70. The van der Waals surface area contributed by atoms with Crippen LogP contribution < -0.4 is 0 Å². The van der Waals surface area contributed by atoms with Crippen LogP contribution in [-0.2, 0) is 6.18 Å². The van der Waals surface area contributed by atoms with Gasteiger partial charge in [0.2, 0.25) is 0 Å². The van der Waals surface area contributed by atoms with Crippen LogP contribution in [0.25, 0.3) is 0 Å². The lowest BCUT2D eigenvalue weighted by molar-refractivity contribution is -0.142. The Bertz CT molecular complexity index is 590. The Hall–Kier alpha value is -1.49. The van der Waals surface area contributed by atoms with Crippen LogP contribution in [-0.4, -0.2) is 0 Å². The lowest BCUT2D eigenvalue weighted by Crippen LogP contribution is -2.09. The van der Waals surface area contributed by atoms with Gasteiger partial charge in [0.05, 0.1) is 0 Å². The molecule has 0 spiro atoms. The SMILES string of the molecule is Cc1cccc(Sc2cccc(F)c2C(F)(F)F)c1. The summed E-state index contributed by atoms with van der Waals surface area (Å²) >= 11 is 0.909. The van der Waals surface area contributed by atoms with Gasteiger partial charge in [0.25, 0.3) is 0 Å². The Morgan fingerprint density at radius 3 is 2.32 bits per heavy atom. The van der Waals surface area contributed by atoms with Crippen molar-refractivity contribution in [3.05, 3.63) is 59.4 Å². The highest BCUT2D eigenvalue weighted by Gasteiger charge is 2.36. The quantitative estimate of drug-likeness (QED) is 0.675. The molecule has 100 valence electrons. The number of rotatable bonds is 2. The number of halogens is 4. The van der Waals surface area contributed by atoms with Gasteiger partial charge in [0.1, 0.15) is 11.4 Å². The average Bonchev–Trinajstić information content (AvgIpc) is 2.27. The first-order valence-electron chi connectivity index (χ1n) is 5.48.